The average Bonchev–Trinajstić information content (AvgIpc) is 2.03. The van der Waals surface area contributed by atoms with Crippen LogP contribution in [0.4, 0.5) is 0 Å². The molecule has 0 aliphatic rings. The van der Waals surface area contributed by atoms with Gasteiger partial charge in [-0.15, -0.1) is 0 Å². The highest BCUT2D eigenvalue weighted by Gasteiger charge is 2.17. The van der Waals surface area contributed by atoms with E-state index >= 15 is 0 Å². The van der Waals surface area contributed by atoms with Crippen molar-refractivity contribution in [1.82, 2.24) is 0 Å². The Hall–Kier alpha value is -0.690. The number of rotatable bonds is 1. The van der Waals surface area contributed by atoms with Crippen LogP contribution in [0.1, 0.15) is 31.9 Å². The van der Waals surface area contributed by atoms with E-state index in [1.807, 2.05) is 0 Å². The van der Waals surface area contributed by atoms with Gasteiger partial charge in [-0.3, -0.25) is 0 Å². The lowest BCUT2D eigenvalue weighted by Crippen LogP contribution is -2.18. The van der Waals surface area contributed by atoms with Crippen LogP contribution in [0, 0.1) is 12.3 Å². The summed E-state index contributed by atoms with van der Waals surface area (Å²) in [6.45, 7) is 8.53. The first-order chi connectivity index (χ1) is 5.91. The minimum absolute atomic E-state index is 0.0879. The molecular weight excluding hydrogens is 176 g/mol. The highest BCUT2D eigenvalue weighted by atomic mass is 32.1. The molecule has 0 saturated heterocycles. The quantitative estimate of drug-likeness (QED) is 0.482. The molecule has 0 nitrogen and oxygen atoms in total. The summed E-state index contributed by atoms with van der Waals surface area (Å²) in [7, 11) is 0. The highest BCUT2D eigenvalue weighted by molar-refractivity contribution is 7.81. The summed E-state index contributed by atoms with van der Waals surface area (Å²) in [5, 5.41) is 0. The van der Waals surface area contributed by atoms with Crippen LogP contribution >= 0.6 is 12.2 Å². The molecule has 0 unspecified atom stereocenters. The number of aryl methyl sites for hydroxylation is 1. The van der Waals surface area contributed by atoms with Gasteiger partial charge in [0.2, 0.25) is 0 Å². The zero-order valence-electron chi connectivity index (χ0n) is 8.72. The van der Waals surface area contributed by atoms with Crippen LogP contribution in [0.2, 0.25) is 0 Å². The van der Waals surface area contributed by atoms with Crippen LogP contribution in [0.3, 0.4) is 0 Å². The van der Waals surface area contributed by atoms with Crippen molar-refractivity contribution in [3.05, 3.63) is 35.4 Å². The third-order valence-corrected chi connectivity index (χ3v) is 2.84. The Morgan fingerprint density at radius 3 is 1.92 bits per heavy atom. The molecule has 0 amide bonds. The van der Waals surface area contributed by atoms with E-state index in [9.17, 15) is 0 Å². The molecule has 1 aromatic rings. The van der Waals surface area contributed by atoms with E-state index < -0.39 is 0 Å². The summed E-state index contributed by atoms with van der Waals surface area (Å²) in [6, 6.07) is 8.41. The first kappa shape index (κ1) is 10.4. The fourth-order valence-corrected chi connectivity index (χ4v) is 1.27. The summed E-state index contributed by atoms with van der Waals surface area (Å²) in [5.74, 6) is 0. The number of hydrogen-bond acceptors (Lipinski definition) is 1. The zero-order valence-corrected chi connectivity index (χ0v) is 9.53. The Bertz CT molecular complexity index is 301. The molecule has 13 heavy (non-hydrogen) atoms. The Kier molecular flexibility index (Phi) is 2.87. The SMILES string of the molecule is Cc1ccc(C(=S)C(C)(C)C)cc1. The summed E-state index contributed by atoms with van der Waals surface area (Å²) in [5.41, 5.74) is 2.54. The van der Waals surface area contributed by atoms with Gasteiger partial charge >= 0.3 is 0 Å². The van der Waals surface area contributed by atoms with Crippen molar-refractivity contribution in [2.75, 3.05) is 0 Å². The van der Waals surface area contributed by atoms with Crippen molar-refractivity contribution in [2.45, 2.75) is 27.7 Å². The molecule has 0 N–H and O–H groups in total. The zero-order chi connectivity index (χ0) is 10.1. The number of thiocarbonyl (C=S) groups is 1. The van der Waals surface area contributed by atoms with Crippen LogP contribution < -0.4 is 0 Å². The molecule has 0 atom stereocenters. The summed E-state index contributed by atoms with van der Waals surface area (Å²) in [4.78, 5) is 1.03. The van der Waals surface area contributed by atoms with Crippen LogP contribution in [-0.2, 0) is 0 Å². The predicted octanol–water partition coefficient (Wildman–Crippen LogP) is 3.76. The molecule has 0 aliphatic carbocycles. The van der Waals surface area contributed by atoms with Crippen molar-refractivity contribution in [1.29, 1.82) is 0 Å². The summed E-state index contributed by atoms with van der Waals surface area (Å²) >= 11 is 5.40. The predicted molar refractivity (Wildman–Crippen MR) is 62.3 cm³/mol. The second kappa shape index (κ2) is 3.59. The molecule has 0 bridgehead atoms. The van der Waals surface area contributed by atoms with E-state index in [-0.39, 0.29) is 5.41 Å². The fourth-order valence-electron chi connectivity index (χ4n) is 1.14. The first-order valence-corrected chi connectivity index (χ1v) is 4.93. The van der Waals surface area contributed by atoms with Gasteiger partial charge in [-0.2, -0.15) is 0 Å². The lowest BCUT2D eigenvalue weighted by molar-refractivity contribution is 0.602. The fraction of sp³-hybridized carbons (Fsp3) is 0.417. The van der Waals surface area contributed by atoms with Gasteiger partial charge in [0.25, 0.3) is 0 Å². The molecule has 0 spiro atoms. The molecule has 0 heterocycles. The maximum absolute atomic E-state index is 5.40. The third kappa shape index (κ3) is 2.63. The Labute approximate surface area is 86.0 Å². The van der Waals surface area contributed by atoms with E-state index in [2.05, 4.69) is 52.0 Å². The topological polar surface area (TPSA) is 0 Å². The molecule has 70 valence electrons. The first-order valence-electron chi connectivity index (χ1n) is 4.53. The lowest BCUT2D eigenvalue weighted by atomic mass is 9.87. The van der Waals surface area contributed by atoms with E-state index in [0.717, 1.165) is 4.86 Å². The normalized spacial score (nSPS) is 11.4. The molecule has 0 radical (unpaired) electrons. The molecule has 0 saturated carbocycles. The van der Waals surface area contributed by atoms with Crippen molar-refractivity contribution in [3.63, 3.8) is 0 Å². The van der Waals surface area contributed by atoms with Crippen LogP contribution in [0.15, 0.2) is 24.3 Å². The summed E-state index contributed by atoms with van der Waals surface area (Å²) in [6.07, 6.45) is 0. The average molecular weight is 192 g/mol. The molecule has 1 rings (SSSR count). The maximum atomic E-state index is 5.40. The molecular formula is C12H16S. The van der Waals surface area contributed by atoms with Gasteiger partial charge in [0, 0.05) is 4.86 Å². The smallest absolute Gasteiger partial charge is 0.0278 e. The molecule has 1 aromatic carbocycles. The van der Waals surface area contributed by atoms with Gasteiger partial charge in [-0.25, -0.2) is 0 Å². The van der Waals surface area contributed by atoms with E-state index in [1.54, 1.807) is 0 Å². The molecule has 0 fully saturated rings. The van der Waals surface area contributed by atoms with Crippen molar-refractivity contribution in [2.24, 2.45) is 5.41 Å². The van der Waals surface area contributed by atoms with Crippen molar-refractivity contribution in [3.8, 4) is 0 Å². The van der Waals surface area contributed by atoms with Gasteiger partial charge in [0.05, 0.1) is 0 Å². The van der Waals surface area contributed by atoms with Gasteiger partial charge in [-0.1, -0.05) is 62.8 Å². The Morgan fingerprint density at radius 2 is 1.54 bits per heavy atom. The van der Waals surface area contributed by atoms with Crippen LogP contribution in [0.5, 0.6) is 0 Å². The maximum Gasteiger partial charge on any atom is 0.0278 e. The molecule has 0 aliphatic heterocycles. The van der Waals surface area contributed by atoms with E-state index in [0.29, 0.717) is 0 Å². The monoisotopic (exact) mass is 192 g/mol. The van der Waals surface area contributed by atoms with Gasteiger partial charge in [-0.05, 0) is 17.9 Å². The second-order valence-electron chi connectivity index (χ2n) is 4.45. The standard InChI is InChI=1S/C12H16S/c1-9-5-7-10(8-6-9)11(13)12(2,3)4/h5-8H,1-4H3. The Balaban J connectivity index is 2.97. The van der Waals surface area contributed by atoms with Crippen LogP contribution in [0.25, 0.3) is 0 Å². The van der Waals surface area contributed by atoms with E-state index in [4.69, 9.17) is 12.2 Å². The van der Waals surface area contributed by atoms with Gasteiger partial charge in [0.1, 0.15) is 0 Å². The number of benzene rings is 1. The highest BCUT2D eigenvalue weighted by Crippen LogP contribution is 2.22. The van der Waals surface area contributed by atoms with Gasteiger partial charge < -0.3 is 0 Å². The lowest BCUT2D eigenvalue weighted by Gasteiger charge is -2.20. The van der Waals surface area contributed by atoms with Gasteiger partial charge in [0.15, 0.2) is 0 Å². The largest absolute Gasteiger partial charge is 0.0837 e. The van der Waals surface area contributed by atoms with Crippen molar-refractivity contribution < 1.29 is 0 Å². The minimum Gasteiger partial charge on any atom is -0.0837 e. The van der Waals surface area contributed by atoms with E-state index in [1.165, 1.54) is 11.1 Å². The Morgan fingerprint density at radius 1 is 1.08 bits per heavy atom. The van der Waals surface area contributed by atoms with Crippen molar-refractivity contribution >= 4 is 17.1 Å². The third-order valence-electron chi connectivity index (χ3n) is 1.99. The second-order valence-corrected chi connectivity index (χ2v) is 4.85. The van der Waals surface area contributed by atoms with Crippen LogP contribution in [-0.4, -0.2) is 4.86 Å². The number of hydrogen-bond donors (Lipinski definition) is 0. The minimum atomic E-state index is 0.0879. The summed E-state index contributed by atoms with van der Waals surface area (Å²) < 4.78 is 0. The molecule has 0 aromatic heterocycles. The molecule has 1 heteroatoms.